The zero-order valence-corrected chi connectivity index (χ0v) is 7.86. The molecule has 74 valence electrons. The van der Waals surface area contributed by atoms with Crippen molar-refractivity contribution in [3.63, 3.8) is 0 Å². The number of hydrogen-bond donors (Lipinski definition) is 2. The number of nitrogens with two attached hydrogens (primary N) is 2. The third-order valence-electron chi connectivity index (χ3n) is 2.42. The van der Waals surface area contributed by atoms with E-state index in [9.17, 15) is 4.79 Å². The molecule has 0 unspecified atom stereocenters. The van der Waals surface area contributed by atoms with Crippen LogP contribution in [0.4, 0.5) is 17.1 Å². The molecule has 0 bridgehead atoms. The number of anilines is 3. The van der Waals surface area contributed by atoms with Crippen molar-refractivity contribution in [2.24, 2.45) is 0 Å². The zero-order chi connectivity index (χ0) is 10.1. The van der Waals surface area contributed by atoms with Gasteiger partial charge in [0, 0.05) is 18.7 Å². The molecule has 0 spiro atoms. The Labute approximate surface area is 82.5 Å². The third-order valence-corrected chi connectivity index (χ3v) is 2.42. The molecule has 1 aromatic rings. The van der Waals surface area contributed by atoms with Gasteiger partial charge in [-0.1, -0.05) is 0 Å². The summed E-state index contributed by atoms with van der Waals surface area (Å²) >= 11 is 0. The molecular weight excluding hydrogens is 178 g/mol. The molecule has 14 heavy (non-hydrogen) atoms. The van der Waals surface area contributed by atoms with E-state index >= 15 is 0 Å². The Morgan fingerprint density at radius 3 is 2.64 bits per heavy atom. The lowest BCUT2D eigenvalue weighted by atomic mass is 10.2. The van der Waals surface area contributed by atoms with Crippen LogP contribution in [0.15, 0.2) is 18.2 Å². The van der Waals surface area contributed by atoms with Crippen molar-refractivity contribution in [2.75, 3.05) is 22.9 Å². The number of nitrogen functional groups attached to an aromatic ring is 2. The summed E-state index contributed by atoms with van der Waals surface area (Å²) in [5.74, 6) is 0.140. The minimum atomic E-state index is 0.140. The van der Waals surface area contributed by atoms with Crippen LogP contribution in [0.25, 0.3) is 0 Å². The monoisotopic (exact) mass is 191 g/mol. The van der Waals surface area contributed by atoms with Gasteiger partial charge >= 0.3 is 0 Å². The highest BCUT2D eigenvalue weighted by Crippen LogP contribution is 2.28. The van der Waals surface area contributed by atoms with Gasteiger partial charge in [0.05, 0.1) is 11.4 Å². The van der Waals surface area contributed by atoms with Gasteiger partial charge in [-0.3, -0.25) is 4.79 Å². The number of amides is 1. The van der Waals surface area contributed by atoms with Gasteiger partial charge in [0.15, 0.2) is 0 Å². The zero-order valence-electron chi connectivity index (χ0n) is 7.86. The van der Waals surface area contributed by atoms with E-state index in [1.54, 1.807) is 23.1 Å². The van der Waals surface area contributed by atoms with Gasteiger partial charge in [-0.05, 0) is 24.6 Å². The van der Waals surface area contributed by atoms with Crippen LogP contribution in [0, 0.1) is 0 Å². The maximum atomic E-state index is 11.5. The van der Waals surface area contributed by atoms with Crippen molar-refractivity contribution in [3.8, 4) is 0 Å². The van der Waals surface area contributed by atoms with Crippen LogP contribution in [0.1, 0.15) is 12.8 Å². The number of hydrogen-bond acceptors (Lipinski definition) is 3. The van der Waals surface area contributed by atoms with E-state index in [0.717, 1.165) is 18.7 Å². The maximum Gasteiger partial charge on any atom is 0.227 e. The third kappa shape index (κ3) is 1.39. The fraction of sp³-hybridized carbons (Fsp3) is 0.300. The standard InChI is InChI=1S/C10H13N3O/c11-7-3-4-9(8(12)6-7)13-5-1-2-10(13)14/h3-4,6H,1-2,5,11-12H2. The van der Waals surface area contributed by atoms with Crippen LogP contribution < -0.4 is 16.4 Å². The van der Waals surface area contributed by atoms with Crippen LogP contribution in [0.2, 0.25) is 0 Å². The highest BCUT2D eigenvalue weighted by molar-refractivity contribution is 5.98. The summed E-state index contributed by atoms with van der Waals surface area (Å²) < 4.78 is 0. The molecule has 4 heteroatoms. The summed E-state index contributed by atoms with van der Waals surface area (Å²) in [6.07, 6.45) is 1.52. The van der Waals surface area contributed by atoms with E-state index in [1.807, 2.05) is 0 Å². The summed E-state index contributed by atoms with van der Waals surface area (Å²) in [5, 5.41) is 0. The molecule has 1 aliphatic rings. The van der Waals surface area contributed by atoms with E-state index in [0.29, 0.717) is 17.8 Å². The Bertz CT molecular complexity index is 376. The van der Waals surface area contributed by atoms with Crippen molar-refractivity contribution in [3.05, 3.63) is 18.2 Å². The summed E-state index contributed by atoms with van der Waals surface area (Å²) in [6.45, 7) is 0.757. The molecule has 4 nitrogen and oxygen atoms in total. The van der Waals surface area contributed by atoms with Crippen LogP contribution in [0.5, 0.6) is 0 Å². The summed E-state index contributed by atoms with van der Waals surface area (Å²) in [7, 11) is 0. The number of nitrogens with zero attached hydrogens (tertiary/aromatic N) is 1. The Kier molecular flexibility index (Phi) is 2.04. The minimum Gasteiger partial charge on any atom is -0.399 e. The van der Waals surface area contributed by atoms with Gasteiger partial charge in [0.2, 0.25) is 5.91 Å². The maximum absolute atomic E-state index is 11.5. The average molecular weight is 191 g/mol. The average Bonchev–Trinajstić information content (AvgIpc) is 2.52. The van der Waals surface area contributed by atoms with Gasteiger partial charge in [-0.25, -0.2) is 0 Å². The van der Waals surface area contributed by atoms with Crippen molar-refractivity contribution in [1.29, 1.82) is 0 Å². The van der Waals surface area contributed by atoms with E-state index < -0.39 is 0 Å². The number of carbonyl (C=O) groups excluding carboxylic acids is 1. The summed E-state index contributed by atoms with van der Waals surface area (Å²) in [6, 6.07) is 5.24. The van der Waals surface area contributed by atoms with E-state index in [1.165, 1.54) is 0 Å². The van der Waals surface area contributed by atoms with Gasteiger partial charge in [-0.15, -0.1) is 0 Å². The first-order valence-electron chi connectivity index (χ1n) is 4.64. The highest BCUT2D eigenvalue weighted by atomic mass is 16.2. The molecular formula is C10H13N3O. The molecule has 4 N–H and O–H groups in total. The van der Waals surface area contributed by atoms with Crippen LogP contribution in [-0.2, 0) is 4.79 Å². The topological polar surface area (TPSA) is 72.3 Å². The Morgan fingerprint density at radius 1 is 1.29 bits per heavy atom. The Hall–Kier alpha value is -1.71. The van der Waals surface area contributed by atoms with E-state index in [2.05, 4.69) is 0 Å². The lowest BCUT2D eigenvalue weighted by Crippen LogP contribution is -2.24. The van der Waals surface area contributed by atoms with Crippen LogP contribution in [-0.4, -0.2) is 12.5 Å². The normalized spacial score (nSPS) is 16.3. The SMILES string of the molecule is Nc1ccc(N2CCCC2=O)c(N)c1. The second-order valence-electron chi connectivity index (χ2n) is 3.47. The van der Waals surface area contributed by atoms with Crippen molar-refractivity contribution in [2.45, 2.75) is 12.8 Å². The number of benzene rings is 1. The van der Waals surface area contributed by atoms with Gasteiger partial charge in [0.1, 0.15) is 0 Å². The first-order chi connectivity index (χ1) is 6.68. The molecule has 0 atom stereocenters. The Balaban J connectivity index is 2.36. The minimum absolute atomic E-state index is 0.140. The molecule has 1 fully saturated rings. The predicted molar refractivity (Wildman–Crippen MR) is 56.9 cm³/mol. The fourth-order valence-electron chi connectivity index (χ4n) is 1.72. The Morgan fingerprint density at radius 2 is 2.07 bits per heavy atom. The first kappa shape index (κ1) is 8.87. The molecule has 1 aliphatic heterocycles. The van der Waals surface area contributed by atoms with Gasteiger partial charge in [0.25, 0.3) is 0 Å². The fourth-order valence-corrected chi connectivity index (χ4v) is 1.72. The quantitative estimate of drug-likeness (QED) is 0.650. The van der Waals surface area contributed by atoms with Gasteiger partial charge in [-0.2, -0.15) is 0 Å². The molecule has 0 radical (unpaired) electrons. The molecule has 0 aromatic heterocycles. The number of carbonyl (C=O) groups is 1. The second-order valence-corrected chi connectivity index (χ2v) is 3.47. The molecule has 0 aliphatic carbocycles. The summed E-state index contributed by atoms with van der Waals surface area (Å²) in [4.78, 5) is 13.2. The molecule has 0 saturated carbocycles. The van der Waals surface area contributed by atoms with Crippen molar-refractivity contribution >= 4 is 23.0 Å². The smallest absolute Gasteiger partial charge is 0.227 e. The van der Waals surface area contributed by atoms with E-state index in [-0.39, 0.29) is 5.91 Å². The lowest BCUT2D eigenvalue weighted by molar-refractivity contribution is -0.117. The van der Waals surface area contributed by atoms with E-state index in [4.69, 9.17) is 11.5 Å². The predicted octanol–water partition coefficient (Wildman–Crippen LogP) is 0.978. The van der Waals surface area contributed by atoms with Crippen LogP contribution in [0.3, 0.4) is 0 Å². The summed E-state index contributed by atoms with van der Waals surface area (Å²) in [5.41, 5.74) is 13.3. The number of rotatable bonds is 1. The molecule has 1 amide bonds. The lowest BCUT2D eigenvalue weighted by Gasteiger charge is -2.17. The van der Waals surface area contributed by atoms with Gasteiger partial charge < -0.3 is 16.4 Å². The first-order valence-corrected chi connectivity index (χ1v) is 4.64. The highest BCUT2D eigenvalue weighted by Gasteiger charge is 2.22. The van der Waals surface area contributed by atoms with Crippen LogP contribution >= 0.6 is 0 Å². The molecule has 2 rings (SSSR count). The van der Waals surface area contributed by atoms with Crippen molar-refractivity contribution < 1.29 is 4.79 Å². The second kappa shape index (κ2) is 3.21. The molecule has 1 aromatic carbocycles. The molecule has 1 heterocycles. The molecule has 1 saturated heterocycles. The largest absolute Gasteiger partial charge is 0.399 e. The van der Waals surface area contributed by atoms with Crippen molar-refractivity contribution in [1.82, 2.24) is 0 Å².